The number of rotatable bonds is 15. The van der Waals surface area contributed by atoms with Crippen LogP contribution in [-0.4, -0.2) is 28.1 Å². The van der Waals surface area contributed by atoms with Crippen molar-refractivity contribution in [3.8, 4) is 0 Å². The molecule has 0 aromatic rings. The smallest absolute Gasteiger partial charge is 0.550 e. The predicted octanol–water partition coefficient (Wildman–Crippen LogP) is 4.87. The molecule has 0 atom stereocenters. The summed E-state index contributed by atoms with van der Waals surface area (Å²) in [5.41, 5.74) is 1.16. The van der Waals surface area contributed by atoms with E-state index in [1.807, 2.05) is 0 Å². The van der Waals surface area contributed by atoms with Crippen LogP contribution in [0, 0.1) is 16.2 Å². The van der Waals surface area contributed by atoms with Crippen molar-refractivity contribution in [2.24, 2.45) is 16.2 Å². The molecule has 0 spiro atoms. The van der Waals surface area contributed by atoms with E-state index in [9.17, 15) is 19.5 Å². The second-order valence-corrected chi connectivity index (χ2v) is 13.5. The van der Waals surface area contributed by atoms with Crippen molar-refractivity contribution in [2.45, 2.75) is 159 Å². The minimum atomic E-state index is -0.925. The molecule has 0 aliphatic rings. The summed E-state index contributed by atoms with van der Waals surface area (Å²) < 4.78 is 0. The van der Waals surface area contributed by atoms with E-state index in [-0.39, 0.29) is 42.4 Å². The summed E-state index contributed by atoms with van der Waals surface area (Å²) in [4.78, 5) is 30.4. The summed E-state index contributed by atoms with van der Waals surface area (Å²) in [7, 11) is 0. The number of aliphatic carboxylic acids is 3. The summed E-state index contributed by atoms with van der Waals surface area (Å²) in [5.74, 6) is -2.28. The van der Waals surface area contributed by atoms with Gasteiger partial charge in [-0.2, -0.15) is 0 Å². The van der Waals surface area contributed by atoms with Crippen molar-refractivity contribution in [3.63, 3.8) is 0 Å². The monoisotopic (exact) mass is 585 g/mol. The first-order valence-electron chi connectivity index (χ1n) is 13.9. The van der Waals surface area contributed by atoms with Gasteiger partial charge in [0.15, 0.2) is 0 Å². The molecule has 0 unspecified atom stereocenters. The van der Waals surface area contributed by atoms with E-state index in [0.717, 1.165) is 57.8 Å². The van der Waals surface area contributed by atoms with Crippen LogP contribution >= 0.6 is 0 Å². The Morgan fingerprint density at radius 2 is 0.737 bits per heavy atom. The molecule has 0 rings (SSSR count). The number of hydrogen-bond donors (Lipinski definition) is 2. The fraction of sp³-hybridized carbons (Fsp3) is 0.900. The van der Waals surface area contributed by atoms with Crippen LogP contribution < -0.4 is 24.0 Å². The summed E-state index contributed by atoms with van der Waals surface area (Å²) in [6, 6.07) is 0. The molecule has 227 valence electrons. The Morgan fingerprint density at radius 3 is 0.921 bits per heavy atom. The molecule has 0 aliphatic carbocycles. The van der Waals surface area contributed by atoms with Crippen molar-refractivity contribution in [3.05, 3.63) is 0 Å². The molecule has 0 saturated heterocycles. The molecule has 6 nitrogen and oxygen atoms in total. The van der Waals surface area contributed by atoms with E-state index in [1.165, 1.54) is 19.3 Å². The largest absolute Gasteiger partial charge is 1.00 e. The first-order valence-corrected chi connectivity index (χ1v) is 13.9. The van der Waals surface area contributed by atoms with E-state index < -0.39 is 17.9 Å². The average Bonchev–Trinajstić information content (AvgIpc) is 2.65. The number of carboxylic acids is 3. The fourth-order valence-corrected chi connectivity index (χ4v) is 3.32. The van der Waals surface area contributed by atoms with Crippen molar-refractivity contribution in [2.75, 3.05) is 0 Å². The zero-order valence-electron chi connectivity index (χ0n) is 26.4. The fourth-order valence-electron chi connectivity index (χ4n) is 3.32. The summed E-state index contributed by atoms with van der Waals surface area (Å²) in [6.45, 7) is 19.9. The first kappa shape index (κ1) is 47.3. The van der Waals surface area contributed by atoms with Gasteiger partial charge in [-0.05, 0) is 61.2 Å². The third-order valence-electron chi connectivity index (χ3n) is 5.44. The average molecular weight is 586 g/mol. The van der Waals surface area contributed by atoms with Gasteiger partial charge in [0, 0.05) is 35.9 Å². The second kappa shape index (κ2) is 26.7. The van der Waals surface area contributed by atoms with Crippen molar-refractivity contribution < 1.29 is 65.6 Å². The maximum Gasteiger partial charge on any atom is 1.00 e. The number of unbranched alkanes of at least 4 members (excludes halogenated alkanes) is 6. The SMILES string of the molecule is CC(C)(C)CCCCCC(=O)O.CC(C)(C)CCCCCC(=O)O.CC(C)(C)CCCCCC(=O)[O-].[Cu].[Li+]. The van der Waals surface area contributed by atoms with Crippen molar-refractivity contribution in [1.82, 2.24) is 0 Å². The van der Waals surface area contributed by atoms with Crippen molar-refractivity contribution in [1.29, 1.82) is 0 Å². The van der Waals surface area contributed by atoms with Gasteiger partial charge in [0.05, 0.1) is 0 Å². The Morgan fingerprint density at radius 1 is 0.500 bits per heavy atom. The maximum atomic E-state index is 10.2. The zero-order valence-corrected chi connectivity index (χ0v) is 27.4. The molecule has 8 heteroatoms. The maximum absolute atomic E-state index is 10.2. The van der Waals surface area contributed by atoms with E-state index in [2.05, 4.69) is 62.3 Å². The standard InChI is InChI=1S/3C10H20O2.Cu.Li/c3*1-10(2,3)8-6-4-5-7-9(11)12;;/h3*4-8H2,1-3H3,(H,11,12);;/q;;;;+1/p-1. The number of carbonyl (C=O) groups is 3. The summed E-state index contributed by atoms with van der Waals surface area (Å²) in [6.07, 6.45) is 13.3. The molecular weight excluding hydrogens is 527 g/mol. The van der Waals surface area contributed by atoms with Gasteiger partial charge in [0.2, 0.25) is 0 Å². The van der Waals surface area contributed by atoms with Crippen LogP contribution in [-0.2, 0) is 31.5 Å². The normalized spacial score (nSPS) is 11.0. The van der Waals surface area contributed by atoms with Crippen LogP contribution in [0.15, 0.2) is 0 Å². The van der Waals surface area contributed by atoms with Gasteiger partial charge < -0.3 is 20.1 Å². The third kappa shape index (κ3) is 60.2. The first-order chi connectivity index (χ1) is 16.2. The van der Waals surface area contributed by atoms with Gasteiger partial charge in [-0.15, -0.1) is 0 Å². The third-order valence-corrected chi connectivity index (χ3v) is 5.44. The van der Waals surface area contributed by atoms with Crippen LogP contribution in [0.2, 0.25) is 0 Å². The van der Waals surface area contributed by atoms with Gasteiger partial charge >= 0.3 is 30.8 Å². The number of carboxylic acid groups (broad SMARTS) is 3. The van der Waals surface area contributed by atoms with E-state index >= 15 is 0 Å². The van der Waals surface area contributed by atoms with E-state index in [4.69, 9.17) is 10.2 Å². The molecule has 0 aliphatic heterocycles. The second-order valence-electron chi connectivity index (χ2n) is 13.5. The van der Waals surface area contributed by atoms with Gasteiger partial charge in [-0.1, -0.05) is 101 Å². The van der Waals surface area contributed by atoms with Gasteiger partial charge in [0.1, 0.15) is 0 Å². The minimum Gasteiger partial charge on any atom is -0.550 e. The number of hydrogen-bond acceptors (Lipinski definition) is 4. The van der Waals surface area contributed by atoms with Gasteiger partial charge in [-0.25, -0.2) is 0 Å². The Balaban J connectivity index is -0.000000140. The van der Waals surface area contributed by atoms with Crippen LogP contribution in [0.25, 0.3) is 0 Å². The topological polar surface area (TPSA) is 115 Å². The quantitative estimate of drug-likeness (QED) is 0.209. The Kier molecular flexibility index (Phi) is 33.3. The van der Waals surface area contributed by atoms with Gasteiger partial charge in [0.25, 0.3) is 0 Å². The molecule has 0 aromatic heterocycles. The van der Waals surface area contributed by atoms with E-state index in [0.29, 0.717) is 29.1 Å². The molecular formula is C30H59CuLiO6. The molecule has 38 heavy (non-hydrogen) atoms. The molecule has 0 bridgehead atoms. The van der Waals surface area contributed by atoms with Gasteiger partial charge in [-0.3, -0.25) is 9.59 Å². The Labute approximate surface area is 257 Å². The number of carbonyl (C=O) groups excluding carboxylic acids is 1. The minimum absolute atomic E-state index is 0. The molecule has 0 amide bonds. The molecule has 0 saturated carbocycles. The van der Waals surface area contributed by atoms with Crippen LogP contribution in [0.5, 0.6) is 0 Å². The Bertz CT molecular complexity index is 494. The molecule has 2 N–H and O–H groups in total. The summed E-state index contributed by atoms with van der Waals surface area (Å²) in [5, 5.41) is 26.8. The predicted molar refractivity (Wildman–Crippen MR) is 148 cm³/mol. The Hall–Kier alpha value is -0.473. The van der Waals surface area contributed by atoms with Crippen LogP contribution in [0.1, 0.15) is 159 Å². The zero-order chi connectivity index (χ0) is 28.8. The molecule has 1 radical (unpaired) electrons. The van der Waals surface area contributed by atoms with Crippen LogP contribution in [0.3, 0.4) is 0 Å². The van der Waals surface area contributed by atoms with E-state index in [1.54, 1.807) is 0 Å². The molecule has 0 fully saturated rings. The summed E-state index contributed by atoms with van der Waals surface area (Å²) >= 11 is 0. The molecule has 0 heterocycles. The van der Waals surface area contributed by atoms with Crippen LogP contribution in [0.4, 0.5) is 0 Å². The van der Waals surface area contributed by atoms with Crippen molar-refractivity contribution >= 4 is 17.9 Å². The molecule has 0 aromatic carbocycles.